The van der Waals surface area contributed by atoms with Crippen molar-refractivity contribution in [2.24, 2.45) is 0 Å². The van der Waals surface area contributed by atoms with E-state index in [2.05, 4.69) is 24.1 Å². The normalized spacial score (nSPS) is 26.5. The van der Waals surface area contributed by atoms with E-state index in [0.29, 0.717) is 11.6 Å². The van der Waals surface area contributed by atoms with Gasteiger partial charge in [0.15, 0.2) is 19.7 Å². The van der Waals surface area contributed by atoms with Crippen molar-refractivity contribution in [2.45, 2.75) is 48.4 Å². The van der Waals surface area contributed by atoms with E-state index in [1.54, 1.807) is 0 Å². The molecule has 1 aromatic rings. The van der Waals surface area contributed by atoms with Gasteiger partial charge in [0.1, 0.15) is 0 Å². The van der Waals surface area contributed by atoms with Crippen molar-refractivity contribution in [3.8, 4) is 0 Å². The maximum atomic E-state index is 13.1. The molecule has 0 saturated carbocycles. The van der Waals surface area contributed by atoms with E-state index in [1.807, 2.05) is 0 Å². The molecule has 0 bridgehead atoms. The van der Waals surface area contributed by atoms with Gasteiger partial charge in [-0.2, -0.15) is 0 Å². The Morgan fingerprint density at radius 3 is 2.33 bits per heavy atom. The molecule has 0 unspecified atom stereocenters. The Morgan fingerprint density at radius 2 is 1.74 bits per heavy atom. The molecule has 0 aliphatic carbocycles. The summed E-state index contributed by atoms with van der Waals surface area (Å²) in [6.45, 7) is 6.79. The van der Waals surface area contributed by atoms with Crippen LogP contribution in [0, 0.1) is 0 Å². The lowest BCUT2D eigenvalue weighted by Crippen LogP contribution is -2.54. The molecule has 9 heteroatoms. The number of nitrogens with one attached hydrogen (secondary N) is 1. The van der Waals surface area contributed by atoms with Gasteiger partial charge in [0.2, 0.25) is 0 Å². The number of likely N-dealkylation sites (tertiary alicyclic amines) is 1. The van der Waals surface area contributed by atoms with Crippen molar-refractivity contribution in [3.05, 3.63) is 29.3 Å². The second-order valence-corrected chi connectivity index (χ2v) is 12.9. The van der Waals surface area contributed by atoms with Gasteiger partial charge in [-0.25, -0.2) is 16.8 Å². The van der Waals surface area contributed by atoms with Crippen LogP contribution in [0.15, 0.2) is 29.2 Å². The molecule has 6 nitrogen and oxygen atoms in total. The van der Waals surface area contributed by atoms with Crippen LogP contribution in [0.3, 0.4) is 0 Å². The summed E-state index contributed by atoms with van der Waals surface area (Å²) in [6, 6.07) is 5.28. The molecule has 0 spiro atoms. The van der Waals surface area contributed by atoms with Gasteiger partial charge in [-0.3, -0.25) is 4.90 Å². The molecular formula is C18H27ClN2O4S2. The SMILES string of the molecule is CC(C)(CN[C@H]1CS(=O)(=O)C[C@@H]1S(=O)(=O)c1ccc(Cl)cc1)N1CCCC1. The van der Waals surface area contributed by atoms with Gasteiger partial charge < -0.3 is 5.32 Å². The van der Waals surface area contributed by atoms with Crippen molar-refractivity contribution >= 4 is 31.3 Å². The Hall–Kier alpha value is -0.670. The molecule has 0 aromatic heterocycles. The third kappa shape index (κ3) is 4.67. The molecule has 3 rings (SSSR count). The van der Waals surface area contributed by atoms with Crippen LogP contribution in [0.25, 0.3) is 0 Å². The molecule has 2 saturated heterocycles. The predicted octanol–water partition coefficient (Wildman–Crippen LogP) is 1.74. The largest absolute Gasteiger partial charge is 0.310 e. The molecule has 1 N–H and O–H groups in total. The fraction of sp³-hybridized carbons (Fsp3) is 0.667. The van der Waals surface area contributed by atoms with Crippen molar-refractivity contribution < 1.29 is 16.8 Å². The van der Waals surface area contributed by atoms with Crippen LogP contribution in [0.2, 0.25) is 5.02 Å². The number of sulfone groups is 2. The number of hydrogen-bond donors (Lipinski definition) is 1. The van der Waals surface area contributed by atoms with E-state index in [1.165, 1.54) is 24.3 Å². The summed E-state index contributed by atoms with van der Waals surface area (Å²) in [5, 5.41) is 2.72. The maximum absolute atomic E-state index is 13.1. The highest BCUT2D eigenvalue weighted by atomic mass is 35.5. The summed E-state index contributed by atoms with van der Waals surface area (Å²) in [5.41, 5.74) is -0.155. The lowest BCUT2D eigenvalue weighted by atomic mass is 10.0. The van der Waals surface area contributed by atoms with Gasteiger partial charge >= 0.3 is 0 Å². The van der Waals surface area contributed by atoms with Crippen molar-refractivity contribution in [1.29, 1.82) is 0 Å². The van der Waals surface area contributed by atoms with E-state index in [0.717, 1.165) is 25.9 Å². The second-order valence-electron chi connectivity index (χ2n) is 8.11. The van der Waals surface area contributed by atoms with Gasteiger partial charge in [0.25, 0.3) is 0 Å². The summed E-state index contributed by atoms with van der Waals surface area (Å²) in [4.78, 5) is 2.48. The zero-order valence-corrected chi connectivity index (χ0v) is 18.1. The molecule has 2 fully saturated rings. The Bertz CT molecular complexity index is 876. The van der Waals surface area contributed by atoms with E-state index in [4.69, 9.17) is 11.6 Å². The predicted molar refractivity (Wildman–Crippen MR) is 108 cm³/mol. The highest BCUT2D eigenvalue weighted by Gasteiger charge is 2.46. The minimum atomic E-state index is -3.78. The van der Waals surface area contributed by atoms with Crippen molar-refractivity contribution in [3.63, 3.8) is 0 Å². The van der Waals surface area contributed by atoms with E-state index < -0.39 is 31.0 Å². The van der Waals surface area contributed by atoms with Gasteiger partial charge in [-0.05, 0) is 64.0 Å². The van der Waals surface area contributed by atoms with Crippen LogP contribution in [0.5, 0.6) is 0 Å². The molecule has 2 aliphatic rings. The maximum Gasteiger partial charge on any atom is 0.183 e. The minimum absolute atomic E-state index is 0.111. The molecule has 27 heavy (non-hydrogen) atoms. The van der Waals surface area contributed by atoms with Crippen LogP contribution in [0.1, 0.15) is 26.7 Å². The fourth-order valence-electron chi connectivity index (χ4n) is 3.93. The van der Waals surface area contributed by atoms with Crippen molar-refractivity contribution in [1.82, 2.24) is 10.2 Å². The summed E-state index contributed by atoms with van der Waals surface area (Å²) < 4.78 is 50.6. The monoisotopic (exact) mass is 434 g/mol. The number of nitrogens with zero attached hydrogens (tertiary/aromatic N) is 1. The number of rotatable bonds is 6. The Morgan fingerprint density at radius 1 is 1.15 bits per heavy atom. The van der Waals surface area contributed by atoms with Crippen LogP contribution in [-0.4, -0.2) is 69.7 Å². The molecule has 2 aliphatic heterocycles. The molecular weight excluding hydrogens is 408 g/mol. The first kappa shape index (κ1) is 21.0. The smallest absolute Gasteiger partial charge is 0.183 e. The average molecular weight is 435 g/mol. The molecule has 0 amide bonds. The van der Waals surface area contributed by atoms with Gasteiger partial charge in [-0.1, -0.05) is 11.6 Å². The quantitative estimate of drug-likeness (QED) is 0.734. The third-order valence-corrected chi connectivity index (χ3v) is 10.0. The van der Waals surface area contributed by atoms with Crippen LogP contribution >= 0.6 is 11.6 Å². The number of halogens is 1. The summed E-state index contributed by atoms with van der Waals surface area (Å²) in [7, 11) is -7.19. The van der Waals surface area contributed by atoms with Gasteiger partial charge in [-0.15, -0.1) is 0 Å². The van der Waals surface area contributed by atoms with E-state index >= 15 is 0 Å². The molecule has 0 radical (unpaired) electrons. The van der Waals surface area contributed by atoms with Crippen LogP contribution in [-0.2, 0) is 19.7 Å². The number of benzene rings is 1. The fourth-order valence-corrected chi connectivity index (χ4v) is 8.77. The van der Waals surface area contributed by atoms with E-state index in [-0.39, 0.29) is 21.9 Å². The summed E-state index contributed by atoms with van der Waals surface area (Å²) >= 11 is 5.85. The van der Waals surface area contributed by atoms with E-state index in [9.17, 15) is 16.8 Å². The van der Waals surface area contributed by atoms with Crippen LogP contribution < -0.4 is 5.32 Å². The summed E-state index contributed by atoms with van der Waals surface area (Å²) in [6.07, 6.45) is 2.32. The standard InChI is InChI=1S/C18H27ClN2O4S2/c1-18(2,21-9-3-4-10-21)13-20-16-11-26(22,23)12-17(16)27(24,25)15-7-5-14(19)6-8-15/h5-8,16-17,20H,3-4,9-13H2,1-2H3/t16-,17-/m0/s1. The Kier molecular flexibility index (Phi) is 5.95. The third-order valence-electron chi connectivity index (χ3n) is 5.60. The van der Waals surface area contributed by atoms with Crippen LogP contribution in [0.4, 0.5) is 0 Å². The second kappa shape index (κ2) is 7.63. The Balaban J connectivity index is 1.79. The highest BCUT2D eigenvalue weighted by Crippen LogP contribution is 2.28. The number of hydrogen-bond acceptors (Lipinski definition) is 6. The lowest BCUT2D eigenvalue weighted by Gasteiger charge is -2.37. The molecule has 2 atom stereocenters. The summed E-state index contributed by atoms with van der Waals surface area (Å²) in [5.74, 6) is -0.500. The highest BCUT2D eigenvalue weighted by molar-refractivity contribution is 7.96. The van der Waals surface area contributed by atoms with Crippen molar-refractivity contribution in [2.75, 3.05) is 31.1 Å². The molecule has 2 heterocycles. The zero-order valence-electron chi connectivity index (χ0n) is 15.7. The topological polar surface area (TPSA) is 83.5 Å². The van der Waals surface area contributed by atoms with Gasteiger partial charge in [0, 0.05) is 23.1 Å². The minimum Gasteiger partial charge on any atom is -0.310 e. The first-order chi connectivity index (χ1) is 12.5. The van der Waals surface area contributed by atoms with Gasteiger partial charge in [0.05, 0.1) is 21.7 Å². The lowest BCUT2D eigenvalue weighted by molar-refractivity contribution is 0.148. The zero-order chi connectivity index (χ0) is 19.9. The Labute approximate surface area is 167 Å². The molecule has 152 valence electrons. The first-order valence-electron chi connectivity index (χ1n) is 9.20. The average Bonchev–Trinajstić information content (AvgIpc) is 3.22. The molecule has 1 aromatic carbocycles. The first-order valence-corrected chi connectivity index (χ1v) is 12.9.